The minimum absolute atomic E-state index is 0.0628. The quantitative estimate of drug-likeness (QED) is 0.834. The van der Waals surface area contributed by atoms with E-state index >= 15 is 0 Å². The Labute approximate surface area is 102 Å². The Morgan fingerprint density at radius 1 is 1.50 bits per heavy atom. The second-order valence-electron chi connectivity index (χ2n) is 4.33. The van der Waals surface area contributed by atoms with Crippen molar-refractivity contribution in [3.8, 4) is 0 Å². The van der Waals surface area contributed by atoms with Crippen LogP contribution in [0.5, 0.6) is 0 Å². The summed E-state index contributed by atoms with van der Waals surface area (Å²) in [4.78, 5) is 4.58. The number of methoxy groups -OCH3 is 1. The standard InChI is InChI=1S/C12H22N2OS/c1-5-8(2)12(13)10-7-16-11(14-10)6-9(3)15-4/h7-9,12H,5-6,13H2,1-4H3. The monoisotopic (exact) mass is 242 g/mol. The lowest BCUT2D eigenvalue weighted by molar-refractivity contribution is 0.118. The molecule has 3 atom stereocenters. The predicted molar refractivity (Wildman–Crippen MR) is 68.7 cm³/mol. The highest BCUT2D eigenvalue weighted by Gasteiger charge is 2.16. The zero-order chi connectivity index (χ0) is 12.1. The van der Waals surface area contributed by atoms with Crippen molar-refractivity contribution in [3.63, 3.8) is 0 Å². The van der Waals surface area contributed by atoms with Crippen LogP contribution in [0.15, 0.2) is 5.38 Å². The van der Waals surface area contributed by atoms with Gasteiger partial charge in [-0.2, -0.15) is 0 Å². The molecule has 1 rings (SSSR count). The first kappa shape index (κ1) is 13.6. The van der Waals surface area contributed by atoms with Gasteiger partial charge in [-0.1, -0.05) is 20.3 Å². The van der Waals surface area contributed by atoms with Crippen LogP contribution in [0.4, 0.5) is 0 Å². The fourth-order valence-electron chi connectivity index (χ4n) is 1.45. The first-order chi connectivity index (χ1) is 7.58. The molecule has 92 valence electrons. The average Bonchev–Trinajstić information content (AvgIpc) is 2.75. The van der Waals surface area contributed by atoms with E-state index in [1.54, 1.807) is 18.4 Å². The molecule has 1 heterocycles. The molecule has 0 aromatic carbocycles. The van der Waals surface area contributed by atoms with E-state index < -0.39 is 0 Å². The Morgan fingerprint density at radius 2 is 2.19 bits per heavy atom. The van der Waals surface area contributed by atoms with E-state index in [1.807, 2.05) is 0 Å². The summed E-state index contributed by atoms with van der Waals surface area (Å²) in [5, 5.41) is 3.19. The highest BCUT2D eigenvalue weighted by molar-refractivity contribution is 7.09. The molecule has 2 N–H and O–H groups in total. The zero-order valence-corrected chi connectivity index (χ0v) is 11.4. The van der Waals surface area contributed by atoms with E-state index in [4.69, 9.17) is 10.5 Å². The van der Waals surface area contributed by atoms with Gasteiger partial charge in [-0.15, -0.1) is 11.3 Å². The summed E-state index contributed by atoms with van der Waals surface area (Å²) in [7, 11) is 1.73. The third kappa shape index (κ3) is 3.54. The number of hydrogen-bond acceptors (Lipinski definition) is 4. The number of ether oxygens (including phenoxy) is 1. The molecule has 16 heavy (non-hydrogen) atoms. The summed E-state index contributed by atoms with van der Waals surface area (Å²) in [5.41, 5.74) is 7.16. The maximum atomic E-state index is 6.14. The SMILES string of the molecule is CCC(C)C(N)c1csc(CC(C)OC)n1. The van der Waals surface area contributed by atoms with Crippen LogP contribution in [-0.2, 0) is 11.2 Å². The Hall–Kier alpha value is -0.450. The first-order valence-electron chi connectivity index (χ1n) is 5.81. The van der Waals surface area contributed by atoms with Crippen LogP contribution in [0, 0.1) is 5.92 Å². The van der Waals surface area contributed by atoms with Gasteiger partial charge in [0, 0.05) is 18.9 Å². The van der Waals surface area contributed by atoms with Crippen molar-refractivity contribution in [2.24, 2.45) is 11.7 Å². The maximum absolute atomic E-state index is 6.14. The highest BCUT2D eigenvalue weighted by atomic mass is 32.1. The van der Waals surface area contributed by atoms with Gasteiger partial charge in [0.05, 0.1) is 22.8 Å². The molecule has 3 unspecified atom stereocenters. The molecule has 0 saturated carbocycles. The van der Waals surface area contributed by atoms with Crippen LogP contribution >= 0.6 is 11.3 Å². The van der Waals surface area contributed by atoms with Crippen LogP contribution < -0.4 is 5.73 Å². The van der Waals surface area contributed by atoms with Crippen LogP contribution in [0.2, 0.25) is 0 Å². The van der Waals surface area contributed by atoms with Gasteiger partial charge in [-0.05, 0) is 12.8 Å². The molecular weight excluding hydrogens is 220 g/mol. The van der Waals surface area contributed by atoms with Crippen molar-refractivity contribution in [2.75, 3.05) is 7.11 Å². The molecule has 0 radical (unpaired) electrons. The lowest BCUT2D eigenvalue weighted by atomic mass is 9.98. The lowest BCUT2D eigenvalue weighted by Crippen LogP contribution is -2.19. The van der Waals surface area contributed by atoms with Crippen molar-refractivity contribution in [3.05, 3.63) is 16.1 Å². The van der Waals surface area contributed by atoms with Crippen molar-refractivity contribution in [1.82, 2.24) is 4.98 Å². The Kier molecular flexibility index (Phi) is 5.38. The second-order valence-corrected chi connectivity index (χ2v) is 5.27. The molecule has 0 aliphatic heterocycles. The Morgan fingerprint density at radius 3 is 2.75 bits per heavy atom. The van der Waals surface area contributed by atoms with E-state index in [-0.39, 0.29) is 12.1 Å². The fraction of sp³-hybridized carbons (Fsp3) is 0.750. The summed E-state index contributed by atoms with van der Waals surface area (Å²) in [6.07, 6.45) is 2.18. The molecule has 0 aliphatic carbocycles. The van der Waals surface area contributed by atoms with Crippen LogP contribution in [0.3, 0.4) is 0 Å². The van der Waals surface area contributed by atoms with Gasteiger partial charge in [0.1, 0.15) is 0 Å². The zero-order valence-electron chi connectivity index (χ0n) is 10.6. The number of hydrogen-bond donors (Lipinski definition) is 1. The molecule has 0 bridgehead atoms. The fourth-order valence-corrected chi connectivity index (χ4v) is 2.40. The van der Waals surface area contributed by atoms with E-state index in [0.29, 0.717) is 5.92 Å². The van der Waals surface area contributed by atoms with Crippen LogP contribution in [-0.4, -0.2) is 18.2 Å². The largest absolute Gasteiger partial charge is 0.381 e. The van der Waals surface area contributed by atoms with Crippen LogP contribution in [0.1, 0.15) is 43.9 Å². The molecule has 0 saturated heterocycles. The van der Waals surface area contributed by atoms with Gasteiger partial charge in [-0.3, -0.25) is 0 Å². The number of nitrogens with zero attached hydrogens (tertiary/aromatic N) is 1. The van der Waals surface area contributed by atoms with Crippen LogP contribution in [0.25, 0.3) is 0 Å². The number of thiazole rings is 1. The summed E-state index contributed by atoms with van der Waals surface area (Å²) in [6.45, 7) is 6.38. The molecule has 0 spiro atoms. The first-order valence-corrected chi connectivity index (χ1v) is 6.69. The van der Waals surface area contributed by atoms with E-state index in [9.17, 15) is 0 Å². The van der Waals surface area contributed by atoms with Crippen molar-refractivity contribution >= 4 is 11.3 Å². The maximum Gasteiger partial charge on any atom is 0.0954 e. The number of rotatable bonds is 6. The molecule has 0 amide bonds. The van der Waals surface area contributed by atoms with Crippen molar-refractivity contribution in [2.45, 2.75) is 45.8 Å². The Balaban J connectivity index is 2.63. The highest BCUT2D eigenvalue weighted by Crippen LogP contribution is 2.24. The number of nitrogens with two attached hydrogens (primary N) is 1. The van der Waals surface area contributed by atoms with Gasteiger partial charge >= 0.3 is 0 Å². The smallest absolute Gasteiger partial charge is 0.0954 e. The van der Waals surface area contributed by atoms with E-state index in [0.717, 1.165) is 23.5 Å². The molecule has 4 heteroatoms. The normalized spacial score (nSPS) is 17.1. The van der Waals surface area contributed by atoms with E-state index in [1.165, 1.54) is 0 Å². The number of aromatic nitrogens is 1. The predicted octanol–water partition coefficient (Wildman–Crippen LogP) is 2.77. The molecule has 3 nitrogen and oxygen atoms in total. The van der Waals surface area contributed by atoms with Gasteiger partial charge in [0.2, 0.25) is 0 Å². The van der Waals surface area contributed by atoms with Gasteiger partial charge in [0.25, 0.3) is 0 Å². The van der Waals surface area contributed by atoms with Gasteiger partial charge < -0.3 is 10.5 Å². The third-order valence-electron chi connectivity index (χ3n) is 3.03. The van der Waals surface area contributed by atoms with Crippen molar-refractivity contribution < 1.29 is 4.74 Å². The summed E-state index contributed by atoms with van der Waals surface area (Å²) in [5.74, 6) is 0.481. The Bertz CT molecular complexity index is 314. The second kappa shape index (κ2) is 6.33. The summed E-state index contributed by atoms with van der Waals surface area (Å²) < 4.78 is 5.23. The lowest BCUT2D eigenvalue weighted by Gasteiger charge is -2.15. The third-order valence-corrected chi connectivity index (χ3v) is 3.92. The van der Waals surface area contributed by atoms with Crippen molar-refractivity contribution in [1.29, 1.82) is 0 Å². The molecule has 0 aliphatic rings. The average molecular weight is 242 g/mol. The topological polar surface area (TPSA) is 48.1 Å². The molecule has 1 aromatic heterocycles. The summed E-state index contributed by atoms with van der Waals surface area (Å²) in [6, 6.07) is 0.0628. The molecular formula is C12H22N2OS. The summed E-state index contributed by atoms with van der Waals surface area (Å²) >= 11 is 1.68. The van der Waals surface area contributed by atoms with Gasteiger partial charge in [0.15, 0.2) is 0 Å². The van der Waals surface area contributed by atoms with Gasteiger partial charge in [-0.25, -0.2) is 4.98 Å². The molecule has 1 aromatic rings. The minimum Gasteiger partial charge on any atom is -0.381 e. The minimum atomic E-state index is 0.0628. The molecule has 0 fully saturated rings. The van der Waals surface area contributed by atoms with E-state index in [2.05, 4.69) is 31.1 Å².